The minimum Gasteiger partial charge on any atom is -0.388 e. The van der Waals surface area contributed by atoms with Crippen molar-refractivity contribution in [2.75, 3.05) is 0 Å². The molecule has 110 valence electrons. The second kappa shape index (κ2) is 5.50. The number of aliphatic hydroxyl groups is 2. The number of rotatable bonds is 0. The van der Waals surface area contributed by atoms with Crippen molar-refractivity contribution in [3.8, 4) is 0 Å². The molecule has 0 aromatic heterocycles. The first kappa shape index (κ1) is 14.1. The predicted octanol–water partition coefficient (Wildman–Crippen LogP) is 3.51. The van der Waals surface area contributed by atoms with E-state index < -0.39 is 12.2 Å². The Morgan fingerprint density at radius 2 is 1.90 bits per heavy atom. The van der Waals surface area contributed by atoms with Crippen LogP contribution < -0.4 is 0 Å². The number of fused-ring (bicyclic) bond motifs is 1. The highest BCUT2D eigenvalue weighted by Gasteiger charge is 2.38. The van der Waals surface area contributed by atoms with Crippen molar-refractivity contribution >= 4 is 0 Å². The van der Waals surface area contributed by atoms with Crippen molar-refractivity contribution in [2.24, 2.45) is 11.8 Å². The molecule has 0 spiro atoms. The van der Waals surface area contributed by atoms with Crippen LogP contribution in [0.2, 0.25) is 0 Å². The first-order valence-electron chi connectivity index (χ1n) is 8.06. The molecule has 0 saturated heterocycles. The van der Waals surface area contributed by atoms with E-state index in [1.165, 1.54) is 43.3 Å². The van der Waals surface area contributed by atoms with Crippen LogP contribution in [0.25, 0.3) is 0 Å². The van der Waals surface area contributed by atoms with Crippen LogP contribution in [0.5, 0.6) is 0 Å². The maximum absolute atomic E-state index is 10.4. The van der Waals surface area contributed by atoms with Crippen LogP contribution in [-0.4, -0.2) is 22.4 Å². The van der Waals surface area contributed by atoms with Gasteiger partial charge in [-0.15, -0.1) is 0 Å². The third kappa shape index (κ3) is 2.19. The van der Waals surface area contributed by atoms with Crippen molar-refractivity contribution in [2.45, 2.75) is 64.1 Å². The van der Waals surface area contributed by atoms with Gasteiger partial charge >= 0.3 is 0 Å². The van der Waals surface area contributed by atoms with Gasteiger partial charge in [0.25, 0.3) is 0 Å². The van der Waals surface area contributed by atoms with Crippen LogP contribution in [0.15, 0.2) is 34.9 Å². The summed E-state index contributed by atoms with van der Waals surface area (Å²) in [5, 5.41) is 20.7. The van der Waals surface area contributed by atoms with E-state index in [4.69, 9.17) is 0 Å². The summed E-state index contributed by atoms with van der Waals surface area (Å²) < 4.78 is 0. The zero-order chi connectivity index (χ0) is 14.3. The predicted molar refractivity (Wildman–Crippen MR) is 81.2 cm³/mol. The number of allylic oxidation sites excluding steroid dienone is 2. The van der Waals surface area contributed by atoms with E-state index >= 15 is 0 Å². The van der Waals surface area contributed by atoms with Gasteiger partial charge in [-0.3, -0.25) is 0 Å². The van der Waals surface area contributed by atoms with Gasteiger partial charge in [0, 0.05) is 6.42 Å². The third-order valence-electron chi connectivity index (χ3n) is 5.66. The van der Waals surface area contributed by atoms with Gasteiger partial charge in [-0.25, -0.2) is 0 Å². The Morgan fingerprint density at radius 1 is 1.15 bits per heavy atom. The molecule has 0 aromatic rings. The summed E-state index contributed by atoms with van der Waals surface area (Å²) in [6.45, 7) is 6.01. The summed E-state index contributed by atoms with van der Waals surface area (Å²) in [5.41, 5.74) is 4.26. The lowest BCUT2D eigenvalue weighted by Gasteiger charge is -2.36. The van der Waals surface area contributed by atoms with E-state index in [-0.39, 0.29) is 0 Å². The molecule has 3 aliphatic carbocycles. The van der Waals surface area contributed by atoms with Gasteiger partial charge in [-0.2, -0.15) is 0 Å². The topological polar surface area (TPSA) is 40.5 Å². The van der Waals surface area contributed by atoms with Crippen LogP contribution in [0.4, 0.5) is 0 Å². The molecule has 4 unspecified atom stereocenters. The lowest BCUT2D eigenvalue weighted by Crippen LogP contribution is -2.32. The molecule has 4 atom stereocenters. The minimum atomic E-state index is -0.687. The van der Waals surface area contributed by atoms with Crippen LogP contribution >= 0.6 is 0 Å². The quantitative estimate of drug-likeness (QED) is 0.664. The summed E-state index contributed by atoms with van der Waals surface area (Å²) in [7, 11) is 0. The first-order valence-corrected chi connectivity index (χ1v) is 8.06. The molecule has 2 N–H and O–H groups in total. The van der Waals surface area contributed by atoms with Gasteiger partial charge in [0.15, 0.2) is 0 Å². The average Bonchev–Trinajstić information content (AvgIpc) is 2.92. The second-order valence-electron chi connectivity index (χ2n) is 6.63. The highest BCUT2D eigenvalue weighted by atomic mass is 16.3. The molecule has 3 rings (SSSR count). The zero-order valence-electron chi connectivity index (χ0n) is 12.4. The minimum absolute atomic E-state index is 0.537. The van der Waals surface area contributed by atoms with E-state index in [0.717, 1.165) is 23.5 Å². The highest BCUT2D eigenvalue weighted by Crippen LogP contribution is 2.49. The summed E-state index contributed by atoms with van der Waals surface area (Å²) in [4.78, 5) is 0. The van der Waals surface area contributed by atoms with Crippen LogP contribution in [0, 0.1) is 11.8 Å². The zero-order valence-corrected chi connectivity index (χ0v) is 12.4. The van der Waals surface area contributed by atoms with Crippen LogP contribution in [-0.2, 0) is 0 Å². The fourth-order valence-corrected chi connectivity index (χ4v) is 4.63. The van der Waals surface area contributed by atoms with E-state index in [1.807, 2.05) is 13.0 Å². The van der Waals surface area contributed by atoms with Gasteiger partial charge in [0.05, 0.1) is 6.10 Å². The normalized spacial score (nSPS) is 44.0. The second-order valence-corrected chi connectivity index (χ2v) is 6.63. The molecule has 2 nitrogen and oxygen atoms in total. The van der Waals surface area contributed by atoms with E-state index in [2.05, 4.69) is 6.58 Å². The lowest BCUT2D eigenvalue weighted by atomic mass is 9.71. The fourth-order valence-electron chi connectivity index (χ4n) is 4.63. The summed E-state index contributed by atoms with van der Waals surface area (Å²) in [6.07, 6.45) is 9.00. The molecular formula is C18H26O2. The Morgan fingerprint density at radius 3 is 2.65 bits per heavy atom. The molecule has 0 amide bonds. The number of hydrogen-bond acceptors (Lipinski definition) is 2. The molecule has 3 fully saturated rings. The molecule has 0 radical (unpaired) electrons. The molecular weight excluding hydrogens is 248 g/mol. The van der Waals surface area contributed by atoms with Gasteiger partial charge in [0.2, 0.25) is 0 Å². The van der Waals surface area contributed by atoms with Crippen LogP contribution in [0.3, 0.4) is 0 Å². The molecule has 0 bridgehead atoms. The van der Waals surface area contributed by atoms with Crippen molar-refractivity contribution in [3.63, 3.8) is 0 Å². The maximum Gasteiger partial charge on any atom is 0.102 e. The largest absolute Gasteiger partial charge is 0.388 e. The van der Waals surface area contributed by atoms with Gasteiger partial charge in [-0.05, 0) is 67.6 Å². The van der Waals surface area contributed by atoms with E-state index in [1.54, 1.807) is 0 Å². The van der Waals surface area contributed by atoms with E-state index in [9.17, 15) is 10.2 Å². The average molecular weight is 274 g/mol. The smallest absolute Gasteiger partial charge is 0.102 e. The maximum atomic E-state index is 10.4. The SMILES string of the molecule is C=C1C(=C2CCCC3CCCC23)CC(O)C(=CC)C1O. The summed E-state index contributed by atoms with van der Waals surface area (Å²) in [5.74, 6) is 1.54. The van der Waals surface area contributed by atoms with E-state index in [0.29, 0.717) is 12.3 Å². The Kier molecular flexibility index (Phi) is 3.87. The first-order chi connectivity index (χ1) is 9.63. The Balaban J connectivity index is 1.96. The van der Waals surface area contributed by atoms with Gasteiger partial charge in [-0.1, -0.05) is 24.6 Å². The summed E-state index contributed by atoms with van der Waals surface area (Å²) >= 11 is 0. The molecule has 2 heteroatoms. The molecule has 0 aromatic carbocycles. The van der Waals surface area contributed by atoms with Gasteiger partial charge in [0.1, 0.15) is 6.10 Å². The molecule has 3 saturated carbocycles. The van der Waals surface area contributed by atoms with Crippen molar-refractivity contribution < 1.29 is 10.2 Å². The van der Waals surface area contributed by atoms with Gasteiger partial charge < -0.3 is 10.2 Å². The van der Waals surface area contributed by atoms with Crippen molar-refractivity contribution in [1.82, 2.24) is 0 Å². The van der Waals surface area contributed by atoms with Crippen molar-refractivity contribution in [1.29, 1.82) is 0 Å². The van der Waals surface area contributed by atoms with Crippen molar-refractivity contribution in [3.05, 3.63) is 34.9 Å². The summed E-state index contributed by atoms with van der Waals surface area (Å²) in [6, 6.07) is 0. The molecule has 0 aliphatic heterocycles. The monoisotopic (exact) mass is 274 g/mol. The molecule has 20 heavy (non-hydrogen) atoms. The standard InChI is InChI=1S/C18H26O2/c1-3-13-17(19)10-16(11(2)18(13)20)15-9-5-7-12-6-4-8-14(12)15/h3,12,14,17-20H,2,4-10H2,1H3. The number of hydrogen-bond donors (Lipinski definition) is 2. The Hall–Kier alpha value is -0.860. The molecule has 0 heterocycles. The van der Waals surface area contributed by atoms with Crippen LogP contribution in [0.1, 0.15) is 51.9 Å². The highest BCUT2D eigenvalue weighted by molar-refractivity contribution is 5.47. The lowest BCUT2D eigenvalue weighted by molar-refractivity contribution is 0.145. The third-order valence-corrected chi connectivity index (χ3v) is 5.66. The fraction of sp³-hybridized carbons (Fsp3) is 0.667. The number of aliphatic hydroxyl groups excluding tert-OH is 2. The Bertz CT molecular complexity index is 472. The molecule has 3 aliphatic rings. The Labute approximate surface area is 121 Å².